The highest BCUT2D eigenvalue weighted by atomic mass is 15.2. The summed E-state index contributed by atoms with van der Waals surface area (Å²) in [7, 11) is 0. The Balaban J connectivity index is 1.73. The fourth-order valence-electron chi connectivity index (χ4n) is 3.47. The SMILES string of the molecule is CC(C)(C)NC1CCN(C2CCCCC2)CC1. The summed E-state index contributed by atoms with van der Waals surface area (Å²) in [5, 5.41) is 3.75. The Morgan fingerprint density at radius 3 is 2.00 bits per heavy atom. The Hall–Kier alpha value is -0.0800. The zero-order chi connectivity index (χ0) is 12.3. The molecule has 1 aliphatic carbocycles. The van der Waals surface area contributed by atoms with Gasteiger partial charge in [0, 0.05) is 17.6 Å². The number of likely N-dealkylation sites (tertiary alicyclic amines) is 1. The van der Waals surface area contributed by atoms with Crippen molar-refractivity contribution in [1.82, 2.24) is 10.2 Å². The molecule has 2 aliphatic rings. The molecule has 0 bridgehead atoms. The van der Waals surface area contributed by atoms with Crippen molar-refractivity contribution in [2.45, 2.75) is 83.3 Å². The van der Waals surface area contributed by atoms with Crippen LogP contribution < -0.4 is 5.32 Å². The highest BCUT2D eigenvalue weighted by Crippen LogP contribution is 2.25. The van der Waals surface area contributed by atoms with E-state index in [0.29, 0.717) is 0 Å². The Kier molecular flexibility index (Phi) is 4.48. The van der Waals surface area contributed by atoms with Gasteiger partial charge in [0.2, 0.25) is 0 Å². The number of hydrogen-bond donors (Lipinski definition) is 1. The van der Waals surface area contributed by atoms with Gasteiger partial charge in [-0.25, -0.2) is 0 Å². The van der Waals surface area contributed by atoms with E-state index in [1.54, 1.807) is 0 Å². The maximum atomic E-state index is 3.75. The fourth-order valence-corrected chi connectivity index (χ4v) is 3.47. The zero-order valence-corrected chi connectivity index (χ0v) is 12.0. The van der Waals surface area contributed by atoms with Crippen molar-refractivity contribution >= 4 is 0 Å². The third kappa shape index (κ3) is 4.26. The second-order valence-electron chi connectivity index (χ2n) is 7.00. The molecule has 0 radical (unpaired) electrons. The first-order chi connectivity index (χ1) is 8.04. The quantitative estimate of drug-likeness (QED) is 0.795. The van der Waals surface area contributed by atoms with Crippen LogP contribution in [-0.4, -0.2) is 35.6 Å². The summed E-state index contributed by atoms with van der Waals surface area (Å²) >= 11 is 0. The van der Waals surface area contributed by atoms with E-state index in [1.165, 1.54) is 58.0 Å². The van der Waals surface area contributed by atoms with Gasteiger partial charge in [0.15, 0.2) is 0 Å². The maximum Gasteiger partial charge on any atom is 0.00991 e. The van der Waals surface area contributed by atoms with Crippen LogP contribution >= 0.6 is 0 Å². The highest BCUT2D eigenvalue weighted by molar-refractivity contribution is 4.86. The second kappa shape index (κ2) is 5.71. The summed E-state index contributed by atoms with van der Waals surface area (Å²) in [5.74, 6) is 0. The van der Waals surface area contributed by atoms with Crippen molar-refractivity contribution < 1.29 is 0 Å². The molecule has 0 aromatic rings. The van der Waals surface area contributed by atoms with Gasteiger partial charge in [-0.1, -0.05) is 19.3 Å². The van der Waals surface area contributed by atoms with Crippen LogP contribution in [0.3, 0.4) is 0 Å². The van der Waals surface area contributed by atoms with Crippen LogP contribution in [0.5, 0.6) is 0 Å². The van der Waals surface area contributed by atoms with Crippen molar-refractivity contribution in [3.8, 4) is 0 Å². The molecule has 0 aromatic heterocycles. The van der Waals surface area contributed by atoms with E-state index in [4.69, 9.17) is 0 Å². The first kappa shape index (κ1) is 13.4. The standard InChI is InChI=1S/C15H30N2/c1-15(2,3)16-13-9-11-17(12-10-13)14-7-5-4-6-8-14/h13-14,16H,4-12H2,1-3H3. The van der Waals surface area contributed by atoms with Crippen molar-refractivity contribution in [2.24, 2.45) is 0 Å². The molecule has 17 heavy (non-hydrogen) atoms. The van der Waals surface area contributed by atoms with Crippen LogP contribution in [0.4, 0.5) is 0 Å². The number of nitrogens with zero attached hydrogens (tertiary/aromatic N) is 1. The first-order valence-electron chi connectivity index (χ1n) is 7.56. The predicted octanol–water partition coefficient (Wildman–Crippen LogP) is 3.17. The van der Waals surface area contributed by atoms with Crippen LogP contribution in [0, 0.1) is 0 Å². The van der Waals surface area contributed by atoms with E-state index in [2.05, 4.69) is 31.0 Å². The molecule has 2 heteroatoms. The molecule has 100 valence electrons. The van der Waals surface area contributed by atoms with Crippen LogP contribution in [0.1, 0.15) is 65.7 Å². The van der Waals surface area contributed by atoms with E-state index in [0.717, 1.165) is 12.1 Å². The lowest BCUT2D eigenvalue weighted by Crippen LogP contribution is -2.51. The second-order valence-corrected chi connectivity index (χ2v) is 7.00. The Labute approximate surface area is 107 Å². The predicted molar refractivity (Wildman–Crippen MR) is 74.4 cm³/mol. The van der Waals surface area contributed by atoms with Crippen molar-refractivity contribution in [1.29, 1.82) is 0 Å². The molecular formula is C15H30N2. The van der Waals surface area contributed by atoms with Gasteiger partial charge in [-0.3, -0.25) is 0 Å². The average Bonchev–Trinajstić information content (AvgIpc) is 2.29. The Morgan fingerprint density at radius 2 is 1.47 bits per heavy atom. The van der Waals surface area contributed by atoms with Gasteiger partial charge < -0.3 is 10.2 Å². The lowest BCUT2D eigenvalue weighted by molar-refractivity contribution is 0.109. The van der Waals surface area contributed by atoms with E-state index >= 15 is 0 Å². The summed E-state index contributed by atoms with van der Waals surface area (Å²) < 4.78 is 0. The molecule has 1 saturated heterocycles. The topological polar surface area (TPSA) is 15.3 Å². The maximum absolute atomic E-state index is 3.75. The van der Waals surface area contributed by atoms with Gasteiger partial charge in [-0.15, -0.1) is 0 Å². The highest BCUT2D eigenvalue weighted by Gasteiger charge is 2.27. The minimum absolute atomic E-state index is 0.275. The monoisotopic (exact) mass is 238 g/mol. The summed E-state index contributed by atoms with van der Waals surface area (Å²) in [6.07, 6.45) is 9.99. The average molecular weight is 238 g/mol. The van der Waals surface area contributed by atoms with Crippen LogP contribution in [0.25, 0.3) is 0 Å². The van der Waals surface area contributed by atoms with Crippen molar-refractivity contribution in [3.63, 3.8) is 0 Å². The van der Waals surface area contributed by atoms with Gasteiger partial charge in [-0.05, 0) is 59.5 Å². The molecule has 1 N–H and O–H groups in total. The van der Waals surface area contributed by atoms with E-state index in [9.17, 15) is 0 Å². The summed E-state index contributed by atoms with van der Waals surface area (Å²) in [4.78, 5) is 2.76. The summed E-state index contributed by atoms with van der Waals surface area (Å²) in [6.45, 7) is 9.47. The van der Waals surface area contributed by atoms with Crippen LogP contribution in [0.15, 0.2) is 0 Å². The first-order valence-corrected chi connectivity index (χ1v) is 7.56. The van der Waals surface area contributed by atoms with E-state index in [-0.39, 0.29) is 5.54 Å². The molecule has 2 nitrogen and oxygen atoms in total. The van der Waals surface area contributed by atoms with Gasteiger partial charge >= 0.3 is 0 Å². The van der Waals surface area contributed by atoms with Crippen LogP contribution in [-0.2, 0) is 0 Å². The van der Waals surface area contributed by atoms with Gasteiger partial charge in [0.25, 0.3) is 0 Å². The fraction of sp³-hybridized carbons (Fsp3) is 1.00. The smallest absolute Gasteiger partial charge is 0.00991 e. The lowest BCUT2D eigenvalue weighted by atomic mass is 9.91. The van der Waals surface area contributed by atoms with Gasteiger partial charge in [0.05, 0.1) is 0 Å². The molecule has 0 aromatic carbocycles. The largest absolute Gasteiger partial charge is 0.309 e. The molecule has 2 fully saturated rings. The molecule has 2 rings (SSSR count). The van der Waals surface area contributed by atoms with Crippen LogP contribution in [0.2, 0.25) is 0 Å². The Morgan fingerprint density at radius 1 is 0.882 bits per heavy atom. The third-order valence-electron chi connectivity index (χ3n) is 4.26. The number of hydrogen-bond acceptors (Lipinski definition) is 2. The lowest BCUT2D eigenvalue weighted by Gasteiger charge is -2.41. The molecule has 0 unspecified atom stereocenters. The molecule has 0 amide bonds. The summed E-state index contributed by atoms with van der Waals surface area (Å²) in [5.41, 5.74) is 0.275. The molecule has 0 atom stereocenters. The number of nitrogens with one attached hydrogen (secondary N) is 1. The Bertz CT molecular complexity index is 218. The summed E-state index contributed by atoms with van der Waals surface area (Å²) in [6, 6.07) is 1.66. The minimum Gasteiger partial charge on any atom is -0.309 e. The molecule has 0 spiro atoms. The van der Waals surface area contributed by atoms with Gasteiger partial charge in [-0.2, -0.15) is 0 Å². The van der Waals surface area contributed by atoms with E-state index in [1.807, 2.05) is 0 Å². The zero-order valence-electron chi connectivity index (χ0n) is 12.0. The molecular weight excluding hydrogens is 208 g/mol. The van der Waals surface area contributed by atoms with E-state index < -0.39 is 0 Å². The number of piperidine rings is 1. The van der Waals surface area contributed by atoms with Crippen molar-refractivity contribution in [2.75, 3.05) is 13.1 Å². The van der Waals surface area contributed by atoms with Gasteiger partial charge in [0.1, 0.15) is 0 Å². The third-order valence-corrected chi connectivity index (χ3v) is 4.26. The molecule has 1 heterocycles. The minimum atomic E-state index is 0.275. The molecule has 1 aliphatic heterocycles. The van der Waals surface area contributed by atoms with Crippen molar-refractivity contribution in [3.05, 3.63) is 0 Å². The normalized spacial score (nSPS) is 26.3. The number of rotatable bonds is 2. The molecule has 1 saturated carbocycles.